The largest absolute Gasteiger partial charge is 0.436 e. The molecule has 7 heteroatoms. The van der Waals surface area contributed by atoms with Crippen LogP contribution in [0.1, 0.15) is 61.2 Å². The zero-order valence-electron chi connectivity index (χ0n) is 15.6. The fraction of sp³-hybridized carbons (Fsp3) is 0.722. The van der Waals surface area contributed by atoms with Crippen LogP contribution in [0, 0.1) is 13.8 Å². The Morgan fingerprint density at radius 2 is 1.80 bits per heavy atom. The van der Waals surface area contributed by atoms with Crippen LogP contribution in [0.25, 0.3) is 0 Å². The summed E-state index contributed by atoms with van der Waals surface area (Å²) in [5.41, 5.74) is 0.619. The predicted octanol–water partition coefficient (Wildman–Crippen LogP) is 2.73. The van der Waals surface area contributed by atoms with Crippen LogP contribution in [0.2, 0.25) is 0 Å². The van der Waals surface area contributed by atoms with E-state index in [1.165, 1.54) is 12.8 Å². The Morgan fingerprint density at radius 1 is 1.08 bits per heavy atom. The second-order valence-corrected chi connectivity index (χ2v) is 6.57. The number of rotatable bonds is 6. The van der Waals surface area contributed by atoms with Crippen molar-refractivity contribution in [2.24, 2.45) is 0 Å². The van der Waals surface area contributed by atoms with E-state index in [-0.39, 0.29) is 11.9 Å². The predicted molar refractivity (Wildman–Crippen MR) is 95.6 cm³/mol. The van der Waals surface area contributed by atoms with E-state index in [0.29, 0.717) is 50.1 Å². The molecule has 1 aliphatic heterocycles. The Balaban J connectivity index is 1.82. The molecule has 7 nitrogen and oxygen atoms in total. The number of urea groups is 1. The van der Waals surface area contributed by atoms with Gasteiger partial charge >= 0.3 is 6.03 Å². The summed E-state index contributed by atoms with van der Waals surface area (Å²) in [6.45, 7) is 8.74. The minimum atomic E-state index is -0.139. The molecular weight excluding hydrogens is 320 g/mol. The SMILES string of the molecule is CCCCCCNC(=O)N1CCCN(C(=O)c2oc(C)nc2C)CC1. The zero-order chi connectivity index (χ0) is 18.2. The van der Waals surface area contributed by atoms with E-state index in [0.717, 1.165) is 19.3 Å². The molecule has 0 atom stereocenters. The fourth-order valence-electron chi connectivity index (χ4n) is 3.06. The van der Waals surface area contributed by atoms with Crippen molar-refractivity contribution in [2.45, 2.75) is 52.9 Å². The lowest BCUT2D eigenvalue weighted by Crippen LogP contribution is -2.42. The first-order valence-corrected chi connectivity index (χ1v) is 9.29. The summed E-state index contributed by atoms with van der Waals surface area (Å²) in [7, 11) is 0. The average Bonchev–Trinajstić information content (AvgIpc) is 2.78. The van der Waals surface area contributed by atoms with Gasteiger partial charge in [-0.3, -0.25) is 4.79 Å². The number of oxazole rings is 1. The number of nitrogens with one attached hydrogen (secondary N) is 1. The maximum atomic E-state index is 12.6. The highest BCUT2D eigenvalue weighted by atomic mass is 16.4. The van der Waals surface area contributed by atoms with Gasteiger partial charge in [0.05, 0.1) is 5.69 Å². The molecule has 0 radical (unpaired) electrons. The third kappa shape index (κ3) is 5.47. The van der Waals surface area contributed by atoms with Gasteiger partial charge in [0.25, 0.3) is 5.91 Å². The molecule has 1 aromatic rings. The molecule has 0 spiro atoms. The molecule has 2 rings (SSSR count). The van der Waals surface area contributed by atoms with Crippen molar-refractivity contribution in [3.05, 3.63) is 17.3 Å². The summed E-state index contributed by atoms with van der Waals surface area (Å²) < 4.78 is 5.43. The Labute approximate surface area is 149 Å². The van der Waals surface area contributed by atoms with E-state index < -0.39 is 0 Å². The molecule has 1 aromatic heterocycles. The highest BCUT2D eigenvalue weighted by Crippen LogP contribution is 2.14. The van der Waals surface area contributed by atoms with Crippen LogP contribution in [-0.2, 0) is 0 Å². The standard InChI is InChI=1S/C18H30N4O3/c1-4-5-6-7-9-19-18(24)22-11-8-10-21(12-13-22)17(23)16-14(2)20-15(3)25-16/h4-13H2,1-3H3,(H,19,24). The van der Waals surface area contributed by atoms with Crippen molar-refractivity contribution in [2.75, 3.05) is 32.7 Å². The molecule has 1 saturated heterocycles. The smallest absolute Gasteiger partial charge is 0.317 e. The summed E-state index contributed by atoms with van der Waals surface area (Å²) >= 11 is 0. The minimum absolute atomic E-state index is 0.0301. The number of aromatic nitrogens is 1. The van der Waals surface area contributed by atoms with Gasteiger partial charge in [-0.25, -0.2) is 9.78 Å². The van der Waals surface area contributed by atoms with Gasteiger partial charge in [0, 0.05) is 39.6 Å². The Kier molecular flexibility index (Phi) is 7.28. The number of aryl methyl sites for hydroxylation is 2. The third-order valence-corrected chi connectivity index (χ3v) is 4.47. The molecular formula is C18H30N4O3. The van der Waals surface area contributed by atoms with E-state index in [2.05, 4.69) is 17.2 Å². The van der Waals surface area contributed by atoms with E-state index >= 15 is 0 Å². The number of amides is 3. The Bertz CT molecular complexity index is 585. The third-order valence-electron chi connectivity index (χ3n) is 4.47. The molecule has 25 heavy (non-hydrogen) atoms. The number of nitrogens with zero attached hydrogens (tertiary/aromatic N) is 3. The molecule has 0 unspecified atom stereocenters. The van der Waals surface area contributed by atoms with Crippen molar-refractivity contribution in [1.29, 1.82) is 0 Å². The maximum absolute atomic E-state index is 12.6. The van der Waals surface area contributed by atoms with E-state index in [4.69, 9.17) is 4.42 Å². The second kappa shape index (κ2) is 9.44. The highest BCUT2D eigenvalue weighted by Gasteiger charge is 2.26. The summed E-state index contributed by atoms with van der Waals surface area (Å²) in [5, 5.41) is 2.98. The van der Waals surface area contributed by atoms with Crippen LogP contribution < -0.4 is 5.32 Å². The first kappa shape index (κ1) is 19.3. The van der Waals surface area contributed by atoms with Gasteiger partial charge in [0.15, 0.2) is 5.89 Å². The van der Waals surface area contributed by atoms with Crippen molar-refractivity contribution in [1.82, 2.24) is 20.1 Å². The first-order chi connectivity index (χ1) is 12.0. The summed E-state index contributed by atoms with van der Waals surface area (Å²) in [6, 6.07) is -0.0301. The molecule has 0 aromatic carbocycles. The van der Waals surface area contributed by atoms with Gasteiger partial charge in [-0.2, -0.15) is 0 Å². The van der Waals surface area contributed by atoms with E-state index in [1.54, 1.807) is 23.6 Å². The van der Waals surface area contributed by atoms with E-state index in [1.807, 2.05) is 0 Å². The number of hydrogen-bond acceptors (Lipinski definition) is 4. The number of hydrogen-bond donors (Lipinski definition) is 1. The van der Waals surface area contributed by atoms with Gasteiger partial charge in [-0.05, 0) is 19.8 Å². The number of unbranched alkanes of at least 4 members (excludes halogenated alkanes) is 3. The molecule has 2 heterocycles. The molecule has 0 bridgehead atoms. The van der Waals surface area contributed by atoms with E-state index in [9.17, 15) is 9.59 Å². The van der Waals surface area contributed by atoms with Crippen LogP contribution in [0.4, 0.5) is 4.79 Å². The Morgan fingerprint density at radius 3 is 2.48 bits per heavy atom. The fourth-order valence-corrected chi connectivity index (χ4v) is 3.06. The molecule has 1 aliphatic rings. The normalized spacial score (nSPS) is 15.2. The highest BCUT2D eigenvalue weighted by molar-refractivity contribution is 5.92. The Hall–Kier alpha value is -2.05. The first-order valence-electron chi connectivity index (χ1n) is 9.29. The molecule has 0 aliphatic carbocycles. The molecule has 0 saturated carbocycles. The van der Waals surface area contributed by atoms with Gasteiger partial charge < -0.3 is 19.5 Å². The quantitative estimate of drug-likeness (QED) is 0.800. The second-order valence-electron chi connectivity index (χ2n) is 6.57. The van der Waals surface area contributed by atoms with Crippen LogP contribution in [-0.4, -0.2) is 59.4 Å². The lowest BCUT2D eigenvalue weighted by molar-refractivity contribution is 0.0728. The molecule has 1 fully saturated rings. The topological polar surface area (TPSA) is 78.7 Å². The summed E-state index contributed by atoms with van der Waals surface area (Å²) in [5.74, 6) is 0.672. The molecule has 1 N–H and O–H groups in total. The lowest BCUT2D eigenvalue weighted by Gasteiger charge is -2.22. The lowest BCUT2D eigenvalue weighted by atomic mass is 10.2. The monoisotopic (exact) mass is 350 g/mol. The molecule has 3 amide bonds. The van der Waals surface area contributed by atoms with Gasteiger partial charge in [-0.15, -0.1) is 0 Å². The van der Waals surface area contributed by atoms with Gasteiger partial charge in [0.2, 0.25) is 5.76 Å². The zero-order valence-corrected chi connectivity index (χ0v) is 15.6. The minimum Gasteiger partial charge on any atom is -0.436 e. The van der Waals surface area contributed by atoms with Crippen molar-refractivity contribution in [3.63, 3.8) is 0 Å². The van der Waals surface area contributed by atoms with Crippen molar-refractivity contribution in [3.8, 4) is 0 Å². The summed E-state index contributed by atoms with van der Waals surface area (Å²) in [6.07, 6.45) is 5.32. The van der Waals surface area contributed by atoms with Gasteiger partial charge in [0.1, 0.15) is 0 Å². The molecule has 140 valence electrons. The van der Waals surface area contributed by atoms with Crippen LogP contribution in [0.3, 0.4) is 0 Å². The van der Waals surface area contributed by atoms with Crippen molar-refractivity contribution < 1.29 is 14.0 Å². The maximum Gasteiger partial charge on any atom is 0.317 e. The summed E-state index contributed by atoms with van der Waals surface area (Å²) in [4.78, 5) is 32.6. The van der Waals surface area contributed by atoms with Crippen LogP contribution in [0.5, 0.6) is 0 Å². The van der Waals surface area contributed by atoms with Crippen LogP contribution in [0.15, 0.2) is 4.42 Å². The van der Waals surface area contributed by atoms with Crippen LogP contribution >= 0.6 is 0 Å². The average molecular weight is 350 g/mol. The number of carbonyl (C=O) groups excluding carboxylic acids is 2. The van der Waals surface area contributed by atoms with Gasteiger partial charge in [-0.1, -0.05) is 26.2 Å². The number of carbonyl (C=O) groups is 2. The van der Waals surface area contributed by atoms with Crippen molar-refractivity contribution >= 4 is 11.9 Å².